The largest absolute Gasteiger partial charge is 0.455 e. The minimum Gasteiger partial charge on any atom is -0.455 e. The van der Waals surface area contributed by atoms with Gasteiger partial charge in [-0.25, -0.2) is 13.1 Å². The van der Waals surface area contributed by atoms with Gasteiger partial charge in [0.15, 0.2) is 0 Å². The van der Waals surface area contributed by atoms with Crippen LogP contribution in [-0.4, -0.2) is 20.6 Å². The number of nitrogens with one attached hydrogen (secondary N) is 1. The fourth-order valence-corrected chi connectivity index (χ4v) is 2.51. The number of ether oxygens (including phenoxy) is 1. The van der Waals surface area contributed by atoms with Crippen molar-refractivity contribution in [2.24, 2.45) is 0 Å². The minimum atomic E-state index is -4.56. The molecule has 0 saturated carbocycles. The Hall–Kier alpha value is -2.26. The molecule has 5 nitrogen and oxygen atoms in total. The Morgan fingerprint density at radius 1 is 1.12 bits per heavy atom. The molecule has 2 aromatic rings. The number of sulfonamides is 1. The number of hydrogen-bond acceptors (Lipinski definition) is 4. The van der Waals surface area contributed by atoms with Crippen molar-refractivity contribution in [3.05, 3.63) is 58.6 Å². The van der Waals surface area contributed by atoms with Gasteiger partial charge in [0.25, 0.3) is 5.91 Å². The van der Waals surface area contributed by atoms with E-state index in [0.717, 1.165) is 18.4 Å². The Morgan fingerprint density at radius 2 is 1.76 bits per heavy atom. The average molecular weight is 394 g/mol. The van der Waals surface area contributed by atoms with Crippen LogP contribution < -0.4 is 9.46 Å². The van der Waals surface area contributed by atoms with Gasteiger partial charge in [0.1, 0.15) is 11.5 Å². The summed E-state index contributed by atoms with van der Waals surface area (Å²) in [4.78, 5) is 12.0. The third-order valence-corrected chi connectivity index (χ3v) is 3.74. The van der Waals surface area contributed by atoms with Crippen LogP contribution in [0.2, 0.25) is 5.02 Å². The molecule has 0 radical (unpaired) electrons. The van der Waals surface area contributed by atoms with Crippen molar-refractivity contribution in [3.63, 3.8) is 0 Å². The maximum absolute atomic E-state index is 12.6. The second-order valence-electron chi connectivity index (χ2n) is 4.94. The molecule has 0 aliphatic carbocycles. The molecule has 0 aromatic heterocycles. The van der Waals surface area contributed by atoms with Crippen LogP contribution in [0, 0.1) is 0 Å². The molecule has 1 amide bonds. The summed E-state index contributed by atoms with van der Waals surface area (Å²) in [6.45, 7) is 0. The van der Waals surface area contributed by atoms with Crippen LogP contribution in [0.4, 0.5) is 13.2 Å². The second kappa shape index (κ2) is 6.93. The summed E-state index contributed by atoms with van der Waals surface area (Å²) in [5.74, 6) is -1.12. The van der Waals surface area contributed by atoms with Crippen molar-refractivity contribution >= 4 is 27.5 Å². The standard InChI is InChI=1S/C15H11ClF3NO4S/c1-25(22,23)20-14(21)10-4-2-3-5-12(10)24-13-7-6-9(8-11(13)16)15(17,18)19/h2-8H,1H3,(H,20,21). The summed E-state index contributed by atoms with van der Waals surface area (Å²) in [5, 5.41) is -0.312. The molecule has 2 aromatic carbocycles. The molecule has 0 atom stereocenters. The van der Waals surface area contributed by atoms with Crippen LogP contribution in [0.25, 0.3) is 0 Å². The first-order chi connectivity index (χ1) is 11.5. The summed E-state index contributed by atoms with van der Waals surface area (Å²) in [5.41, 5.74) is -1.07. The molecule has 0 bridgehead atoms. The summed E-state index contributed by atoms with van der Waals surface area (Å²) < 4.78 is 67.4. The maximum atomic E-state index is 12.6. The molecule has 0 spiro atoms. The van der Waals surface area contributed by atoms with E-state index in [2.05, 4.69) is 0 Å². The lowest BCUT2D eigenvalue weighted by Gasteiger charge is -2.13. The highest BCUT2D eigenvalue weighted by Gasteiger charge is 2.31. The smallest absolute Gasteiger partial charge is 0.416 e. The van der Waals surface area contributed by atoms with Crippen molar-refractivity contribution in [1.82, 2.24) is 4.72 Å². The average Bonchev–Trinajstić information content (AvgIpc) is 2.47. The molecular weight excluding hydrogens is 383 g/mol. The molecule has 2 rings (SSSR count). The molecular formula is C15H11ClF3NO4S. The van der Waals surface area contributed by atoms with Gasteiger partial charge < -0.3 is 4.74 Å². The lowest BCUT2D eigenvalue weighted by molar-refractivity contribution is -0.137. The van der Waals surface area contributed by atoms with Gasteiger partial charge in [0.05, 0.1) is 22.4 Å². The van der Waals surface area contributed by atoms with Gasteiger partial charge >= 0.3 is 6.18 Å². The monoisotopic (exact) mass is 393 g/mol. The zero-order valence-corrected chi connectivity index (χ0v) is 14.2. The van der Waals surface area contributed by atoms with E-state index in [0.29, 0.717) is 6.07 Å². The predicted octanol–water partition coefficient (Wildman–Crippen LogP) is 3.84. The second-order valence-corrected chi connectivity index (χ2v) is 7.10. The van der Waals surface area contributed by atoms with Crippen molar-refractivity contribution in [2.45, 2.75) is 6.18 Å². The van der Waals surface area contributed by atoms with E-state index in [1.165, 1.54) is 24.3 Å². The number of amides is 1. The zero-order valence-electron chi connectivity index (χ0n) is 12.6. The number of halogens is 4. The normalized spacial score (nSPS) is 11.9. The maximum Gasteiger partial charge on any atom is 0.416 e. The first kappa shape index (κ1) is 19.1. The number of alkyl halides is 3. The van der Waals surface area contributed by atoms with Crippen LogP contribution in [-0.2, 0) is 16.2 Å². The fourth-order valence-electron chi connectivity index (χ4n) is 1.84. The van der Waals surface area contributed by atoms with Crippen LogP contribution >= 0.6 is 11.6 Å². The third-order valence-electron chi connectivity index (χ3n) is 2.89. The molecule has 0 aliphatic rings. The van der Waals surface area contributed by atoms with E-state index in [4.69, 9.17) is 16.3 Å². The Balaban J connectivity index is 2.34. The van der Waals surface area contributed by atoms with Crippen LogP contribution in [0.5, 0.6) is 11.5 Å². The Labute approximate surface area is 146 Å². The van der Waals surface area contributed by atoms with E-state index in [1.54, 1.807) is 4.72 Å². The van der Waals surface area contributed by atoms with E-state index in [1.807, 2.05) is 0 Å². The lowest BCUT2D eigenvalue weighted by Crippen LogP contribution is -2.29. The summed E-state index contributed by atoms with van der Waals surface area (Å²) in [6, 6.07) is 8.11. The lowest BCUT2D eigenvalue weighted by atomic mass is 10.2. The van der Waals surface area contributed by atoms with Gasteiger partial charge in [-0.3, -0.25) is 4.79 Å². The molecule has 0 fully saturated rings. The molecule has 25 heavy (non-hydrogen) atoms. The van der Waals surface area contributed by atoms with Gasteiger partial charge in [-0.05, 0) is 30.3 Å². The van der Waals surface area contributed by atoms with Crippen molar-refractivity contribution in [2.75, 3.05) is 6.26 Å². The van der Waals surface area contributed by atoms with E-state index in [9.17, 15) is 26.4 Å². The molecule has 0 unspecified atom stereocenters. The topological polar surface area (TPSA) is 72.5 Å². The summed E-state index contributed by atoms with van der Waals surface area (Å²) in [7, 11) is -3.80. The first-order valence-corrected chi connectivity index (χ1v) is 8.90. The van der Waals surface area contributed by atoms with Crippen molar-refractivity contribution < 1.29 is 31.1 Å². The van der Waals surface area contributed by atoms with E-state index >= 15 is 0 Å². The number of hydrogen-bond donors (Lipinski definition) is 1. The Morgan fingerprint density at radius 3 is 2.32 bits per heavy atom. The number of carbonyl (C=O) groups is 1. The van der Waals surface area contributed by atoms with Gasteiger partial charge in [-0.2, -0.15) is 13.2 Å². The molecule has 1 N–H and O–H groups in total. The number of para-hydroxylation sites is 1. The fraction of sp³-hybridized carbons (Fsp3) is 0.133. The summed E-state index contributed by atoms with van der Waals surface area (Å²) in [6.07, 6.45) is -3.75. The third kappa shape index (κ3) is 5.10. The zero-order chi connectivity index (χ0) is 18.8. The summed E-state index contributed by atoms with van der Waals surface area (Å²) >= 11 is 5.80. The van der Waals surface area contributed by atoms with Crippen LogP contribution in [0.15, 0.2) is 42.5 Å². The van der Waals surface area contributed by atoms with Gasteiger partial charge in [-0.15, -0.1) is 0 Å². The number of carbonyl (C=O) groups excluding carboxylic acids is 1. The van der Waals surface area contributed by atoms with Crippen molar-refractivity contribution in [3.8, 4) is 11.5 Å². The molecule has 0 heterocycles. The molecule has 0 aliphatic heterocycles. The predicted molar refractivity (Wildman–Crippen MR) is 85.3 cm³/mol. The highest BCUT2D eigenvalue weighted by molar-refractivity contribution is 7.89. The van der Waals surface area contributed by atoms with Gasteiger partial charge in [0.2, 0.25) is 10.0 Å². The van der Waals surface area contributed by atoms with Crippen molar-refractivity contribution in [1.29, 1.82) is 0 Å². The van der Waals surface area contributed by atoms with E-state index in [-0.39, 0.29) is 22.1 Å². The van der Waals surface area contributed by atoms with Crippen LogP contribution in [0.3, 0.4) is 0 Å². The van der Waals surface area contributed by atoms with E-state index < -0.39 is 27.7 Å². The number of rotatable bonds is 4. The Bertz CT molecular complexity index is 913. The highest BCUT2D eigenvalue weighted by atomic mass is 35.5. The van der Waals surface area contributed by atoms with Gasteiger partial charge in [-0.1, -0.05) is 23.7 Å². The first-order valence-electron chi connectivity index (χ1n) is 6.63. The Kier molecular flexibility index (Phi) is 5.28. The molecule has 134 valence electrons. The number of benzene rings is 2. The highest BCUT2D eigenvalue weighted by Crippen LogP contribution is 2.37. The molecule has 10 heteroatoms. The molecule has 0 saturated heterocycles. The minimum absolute atomic E-state index is 0.0645. The van der Waals surface area contributed by atoms with Gasteiger partial charge in [0, 0.05) is 0 Å². The van der Waals surface area contributed by atoms with Crippen LogP contribution in [0.1, 0.15) is 15.9 Å². The SMILES string of the molecule is CS(=O)(=O)NC(=O)c1ccccc1Oc1ccc(C(F)(F)F)cc1Cl. The quantitative estimate of drug-likeness (QED) is 0.856.